The minimum Gasteiger partial charge on any atom is -0.508 e. The molecule has 2 atom stereocenters. The van der Waals surface area contributed by atoms with Crippen LogP contribution in [0.4, 0.5) is 0 Å². The zero-order chi connectivity index (χ0) is 19.3. The van der Waals surface area contributed by atoms with E-state index in [-0.39, 0.29) is 12.5 Å². The Morgan fingerprint density at radius 2 is 2.00 bits per heavy atom. The summed E-state index contributed by atoms with van der Waals surface area (Å²) in [5.41, 5.74) is 8.08. The van der Waals surface area contributed by atoms with Gasteiger partial charge in [0, 0.05) is 5.92 Å². The highest BCUT2D eigenvalue weighted by molar-refractivity contribution is 5.52. The number of phenolic OH excluding ortho intramolecular Hbond substituents is 1. The van der Waals surface area contributed by atoms with Gasteiger partial charge in [0.25, 0.3) is 0 Å². The van der Waals surface area contributed by atoms with Gasteiger partial charge in [-0.1, -0.05) is 36.4 Å². The van der Waals surface area contributed by atoms with Gasteiger partial charge in [-0.2, -0.15) is 0 Å². The average Bonchev–Trinajstić information content (AvgIpc) is 3.01. The van der Waals surface area contributed by atoms with Crippen molar-refractivity contribution in [3.63, 3.8) is 0 Å². The molecule has 0 aromatic heterocycles. The molecule has 0 radical (unpaired) electrons. The van der Waals surface area contributed by atoms with Crippen LogP contribution in [0.3, 0.4) is 0 Å². The highest BCUT2D eigenvalue weighted by Gasteiger charge is 2.32. The van der Waals surface area contributed by atoms with Crippen LogP contribution in [0.15, 0.2) is 84.1 Å². The molecule has 0 saturated heterocycles. The fourth-order valence-corrected chi connectivity index (χ4v) is 4.20. The SMILES string of the molecule is O=CCOc1ccc(C2c3ccc(O)cc3CCC2C2=CC=C=CC=C2)cc1. The maximum absolute atomic E-state index is 10.5. The van der Waals surface area contributed by atoms with Gasteiger partial charge in [-0.15, -0.1) is 5.73 Å². The Labute approximate surface area is 165 Å². The van der Waals surface area contributed by atoms with Gasteiger partial charge in [-0.05, 0) is 77.4 Å². The van der Waals surface area contributed by atoms with Crippen LogP contribution < -0.4 is 4.74 Å². The molecule has 140 valence electrons. The normalized spacial score (nSPS) is 20.2. The Hall–Kier alpha value is -3.29. The maximum Gasteiger partial charge on any atom is 0.157 e. The highest BCUT2D eigenvalue weighted by Crippen LogP contribution is 2.45. The number of aryl methyl sites for hydroxylation is 1. The predicted molar refractivity (Wildman–Crippen MR) is 110 cm³/mol. The summed E-state index contributed by atoms with van der Waals surface area (Å²) in [4.78, 5) is 10.5. The number of benzene rings is 2. The van der Waals surface area contributed by atoms with Crippen molar-refractivity contribution in [2.75, 3.05) is 6.61 Å². The van der Waals surface area contributed by atoms with E-state index in [2.05, 4.69) is 30.0 Å². The van der Waals surface area contributed by atoms with Gasteiger partial charge >= 0.3 is 0 Å². The number of hydrogen-bond donors (Lipinski definition) is 1. The van der Waals surface area contributed by atoms with Gasteiger partial charge < -0.3 is 9.84 Å². The molecule has 0 saturated carbocycles. The summed E-state index contributed by atoms with van der Waals surface area (Å²) in [6, 6.07) is 13.7. The summed E-state index contributed by atoms with van der Waals surface area (Å²) in [6.45, 7) is 0.0600. The first-order valence-electron chi connectivity index (χ1n) is 9.54. The van der Waals surface area contributed by atoms with Crippen LogP contribution in [-0.2, 0) is 11.2 Å². The number of hydrogen-bond acceptors (Lipinski definition) is 3. The quantitative estimate of drug-likeness (QED) is 0.603. The van der Waals surface area contributed by atoms with Crippen LogP contribution in [0.2, 0.25) is 0 Å². The highest BCUT2D eigenvalue weighted by atomic mass is 16.5. The van der Waals surface area contributed by atoms with Crippen LogP contribution in [-0.4, -0.2) is 18.0 Å². The number of ether oxygens (including phenoxy) is 1. The van der Waals surface area contributed by atoms with Crippen LogP contribution in [0.5, 0.6) is 11.5 Å². The first kappa shape index (κ1) is 18.1. The van der Waals surface area contributed by atoms with E-state index in [1.165, 1.54) is 22.3 Å². The summed E-state index contributed by atoms with van der Waals surface area (Å²) < 4.78 is 5.40. The molecule has 4 rings (SSSR count). The van der Waals surface area contributed by atoms with E-state index in [1.807, 2.05) is 42.5 Å². The van der Waals surface area contributed by atoms with Crippen molar-refractivity contribution >= 4 is 6.29 Å². The third-order valence-corrected chi connectivity index (χ3v) is 5.43. The Kier molecular flexibility index (Phi) is 5.27. The fourth-order valence-electron chi connectivity index (χ4n) is 4.20. The van der Waals surface area contributed by atoms with Crippen LogP contribution >= 0.6 is 0 Å². The van der Waals surface area contributed by atoms with Crippen molar-refractivity contribution in [2.45, 2.75) is 18.8 Å². The lowest BCUT2D eigenvalue weighted by Crippen LogP contribution is -2.23. The van der Waals surface area contributed by atoms with Gasteiger partial charge in [0.2, 0.25) is 0 Å². The van der Waals surface area contributed by atoms with Crippen molar-refractivity contribution < 1.29 is 14.6 Å². The number of aromatic hydroxyl groups is 1. The van der Waals surface area contributed by atoms with Gasteiger partial charge in [0.05, 0.1) is 0 Å². The standard InChI is InChI=1S/C25H22O3/c26-15-16-28-22-11-7-19(8-12-22)25-23(18-5-3-1-2-4-6-18)13-9-20-17-21(27)10-14-24(20)25/h1,3-8,10-12,14-15,17,23,25,27H,9,13,16H2. The zero-order valence-corrected chi connectivity index (χ0v) is 15.5. The summed E-state index contributed by atoms with van der Waals surface area (Å²) >= 11 is 0. The zero-order valence-electron chi connectivity index (χ0n) is 15.5. The Morgan fingerprint density at radius 1 is 1.14 bits per heavy atom. The van der Waals surface area contributed by atoms with Gasteiger partial charge in [-0.25, -0.2) is 0 Å². The topological polar surface area (TPSA) is 46.5 Å². The summed E-state index contributed by atoms with van der Waals surface area (Å²) in [6.07, 6.45) is 12.9. The first-order valence-corrected chi connectivity index (χ1v) is 9.54. The number of phenols is 1. The molecule has 0 fully saturated rings. The number of carbonyl (C=O) groups is 1. The lowest BCUT2D eigenvalue weighted by Gasteiger charge is -2.35. The number of aldehydes is 1. The number of rotatable bonds is 5. The molecule has 0 aliphatic heterocycles. The molecule has 0 amide bonds. The smallest absolute Gasteiger partial charge is 0.157 e. The second-order valence-corrected chi connectivity index (χ2v) is 7.08. The van der Waals surface area contributed by atoms with Gasteiger partial charge in [0.1, 0.15) is 18.1 Å². The van der Waals surface area contributed by atoms with Crippen molar-refractivity contribution in [3.05, 3.63) is 101 Å². The molecule has 0 spiro atoms. The lowest BCUT2D eigenvalue weighted by molar-refractivity contribution is -0.109. The fraction of sp³-hybridized carbons (Fsp3) is 0.200. The monoisotopic (exact) mass is 370 g/mol. The molecule has 3 heteroatoms. The molecule has 2 unspecified atom stereocenters. The molecule has 1 N–H and O–H groups in total. The maximum atomic E-state index is 10.5. The molecule has 2 aliphatic rings. The summed E-state index contributed by atoms with van der Waals surface area (Å²) in [5, 5.41) is 9.93. The second-order valence-electron chi connectivity index (χ2n) is 7.08. The minimum absolute atomic E-state index is 0.0600. The summed E-state index contributed by atoms with van der Waals surface area (Å²) in [5.74, 6) is 1.52. The third kappa shape index (κ3) is 3.71. The van der Waals surface area contributed by atoms with Gasteiger partial charge in [-0.3, -0.25) is 4.79 Å². The Morgan fingerprint density at radius 3 is 2.82 bits per heavy atom. The van der Waals surface area contributed by atoms with Crippen LogP contribution in [0.1, 0.15) is 29.0 Å². The third-order valence-electron chi connectivity index (χ3n) is 5.43. The average molecular weight is 370 g/mol. The van der Waals surface area contributed by atoms with Crippen LogP contribution in [0.25, 0.3) is 0 Å². The lowest BCUT2D eigenvalue weighted by atomic mass is 9.69. The van der Waals surface area contributed by atoms with E-state index >= 15 is 0 Å². The molecule has 3 nitrogen and oxygen atoms in total. The Balaban J connectivity index is 1.75. The van der Waals surface area contributed by atoms with Crippen LogP contribution in [0, 0.1) is 5.92 Å². The predicted octanol–water partition coefficient (Wildman–Crippen LogP) is 4.87. The van der Waals surface area contributed by atoms with Crippen molar-refractivity contribution in [1.29, 1.82) is 0 Å². The largest absolute Gasteiger partial charge is 0.508 e. The van der Waals surface area contributed by atoms with E-state index in [1.54, 1.807) is 6.07 Å². The number of carbonyl (C=O) groups excluding carboxylic acids is 1. The van der Waals surface area contributed by atoms with E-state index in [9.17, 15) is 9.90 Å². The number of fused-ring (bicyclic) bond motifs is 1. The molecule has 2 aromatic rings. The molecule has 28 heavy (non-hydrogen) atoms. The minimum atomic E-state index is 0.0600. The second kappa shape index (κ2) is 8.16. The van der Waals surface area contributed by atoms with Crippen molar-refractivity contribution in [2.24, 2.45) is 5.92 Å². The molecule has 2 aromatic carbocycles. The van der Waals surface area contributed by atoms with E-state index in [4.69, 9.17) is 4.74 Å². The molecular formula is C25H22O3. The number of allylic oxidation sites excluding steroid dienone is 5. The Bertz CT molecular complexity index is 989. The molecule has 0 bridgehead atoms. The van der Waals surface area contributed by atoms with E-state index < -0.39 is 0 Å². The molecule has 0 heterocycles. The molecule has 2 aliphatic carbocycles. The van der Waals surface area contributed by atoms with E-state index in [0.717, 1.165) is 19.1 Å². The first-order chi connectivity index (χ1) is 13.8. The van der Waals surface area contributed by atoms with Gasteiger partial charge in [0.15, 0.2) is 6.29 Å². The van der Waals surface area contributed by atoms with Crippen molar-refractivity contribution in [3.8, 4) is 11.5 Å². The summed E-state index contributed by atoms with van der Waals surface area (Å²) in [7, 11) is 0. The molecular weight excluding hydrogens is 348 g/mol. The van der Waals surface area contributed by atoms with Crippen molar-refractivity contribution in [1.82, 2.24) is 0 Å². The van der Waals surface area contributed by atoms with E-state index in [0.29, 0.717) is 17.4 Å².